The Bertz CT molecular complexity index is 560. The molecule has 0 amide bonds. The molecule has 0 fully saturated rings. The second-order valence-corrected chi connectivity index (χ2v) is 4.57. The van der Waals surface area contributed by atoms with E-state index in [9.17, 15) is 9.50 Å². The minimum atomic E-state index is -0.306. The molecule has 0 heterocycles. The van der Waals surface area contributed by atoms with Crippen molar-refractivity contribution in [3.8, 4) is 0 Å². The van der Waals surface area contributed by atoms with E-state index in [1.54, 1.807) is 19.2 Å². The van der Waals surface area contributed by atoms with E-state index in [1.165, 1.54) is 12.1 Å². The van der Waals surface area contributed by atoms with Gasteiger partial charge in [-0.3, -0.25) is 0 Å². The van der Waals surface area contributed by atoms with E-state index in [0.717, 1.165) is 11.1 Å². The Morgan fingerprint density at radius 2 is 2.00 bits per heavy atom. The highest BCUT2D eigenvalue weighted by molar-refractivity contribution is 5.46. The van der Waals surface area contributed by atoms with Crippen LogP contribution < -0.4 is 5.32 Å². The van der Waals surface area contributed by atoms with E-state index >= 15 is 0 Å². The van der Waals surface area contributed by atoms with Crippen LogP contribution in [-0.4, -0.2) is 18.8 Å². The lowest BCUT2D eigenvalue weighted by atomic mass is 10.0. The minimum Gasteiger partial charge on any atom is -0.394 e. The molecule has 3 nitrogen and oxygen atoms in total. The molecule has 0 aliphatic heterocycles. The summed E-state index contributed by atoms with van der Waals surface area (Å²) < 4.78 is 18.3. The summed E-state index contributed by atoms with van der Waals surface area (Å²) in [6, 6.07) is 13.7. The summed E-state index contributed by atoms with van der Waals surface area (Å²) in [6.07, 6.45) is 0. The topological polar surface area (TPSA) is 41.5 Å². The normalized spacial score (nSPS) is 12.2. The third kappa shape index (κ3) is 3.79. The Hall–Kier alpha value is -1.91. The summed E-state index contributed by atoms with van der Waals surface area (Å²) >= 11 is 0. The molecular weight excluding hydrogens is 257 g/mol. The molecule has 0 aromatic heterocycles. The molecule has 20 heavy (non-hydrogen) atoms. The number of aliphatic hydroxyl groups excluding tert-OH is 1. The van der Waals surface area contributed by atoms with Crippen LogP contribution in [-0.2, 0) is 11.3 Å². The molecule has 1 unspecified atom stereocenters. The number of benzene rings is 2. The molecule has 1 atom stereocenters. The number of ether oxygens (including phenoxy) is 1. The Morgan fingerprint density at radius 3 is 2.70 bits per heavy atom. The van der Waals surface area contributed by atoms with E-state index in [0.29, 0.717) is 12.3 Å². The first kappa shape index (κ1) is 14.5. The van der Waals surface area contributed by atoms with Crippen molar-refractivity contribution in [2.24, 2.45) is 0 Å². The number of hydrogen-bond donors (Lipinski definition) is 2. The molecule has 0 saturated heterocycles. The van der Waals surface area contributed by atoms with Crippen molar-refractivity contribution in [2.45, 2.75) is 12.6 Å². The van der Waals surface area contributed by atoms with Crippen molar-refractivity contribution in [1.29, 1.82) is 0 Å². The van der Waals surface area contributed by atoms with Crippen molar-refractivity contribution in [3.05, 3.63) is 65.5 Å². The standard InChI is InChI=1S/C16H18FNO2/c1-20-11-12-4-2-5-13(8-12)16(10-19)18-15-7-3-6-14(17)9-15/h2-9,16,18-19H,10-11H2,1H3. The maximum absolute atomic E-state index is 13.2. The van der Waals surface area contributed by atoms with Crippen molar-refractivity contribution in [2.75, 3.05) is 19.0 Å². The number of hydrogen-bond acceptors (Lipinski definition) is 3. The maximum Gasteiger partial charge on any atom is 0.125 e. The first-order chi connectivity index (χ1) is 9.72. The summed E-state index contributed by atoms with van der Waals surface area (Å²) in [4.78, 5) is 0. The average molecular weight is 275 g/mol. The lowest BCUT2D eigenvalue weighted by Gasteiger charge is -2.19. The van der Waals surface area contributed by atoms with E-state index in [2.05, 4.69) is 5.32 Å². The van der Waals surface area contributed by atoms with Gasteiger partial charge in [0.05, 0.1) is 19.3 Å². The molecule has 2 aromatic rings. The summed E-state index contributed by atoms with van der Waals surface area (Å²) in [5.41, 5.74) is 2.61. The molecule has 0 spiro atoms. The van der Waals surface area contributed by atoms with Gasteiger partial charge in [0.25, 0.3) is 0 Å². The van der Waals surface area contributed by atoms with Crippen LogP contribution in [0, 0.1) is 5.82 Å². The van der Waals surface area contributed by atoms with Crippen LogP contribution in [0.1, 0.15) is 17.2 Å². The Morgan fingerprint density at radius 1 is 1.20 bits per heavy atom. The third-order valence-corrected chi connectivity index (χ3v) is 3.01. The Labute approximate surface area is 118 Å². The van der Waals surface area contributed by atoms with Gasteiger partial charge < -0.3 is 15.2 Å². The molecule has 0 aliphatic carbocycles. The fraction of sp³-hybridized carbons (Fsp3) is 0.250. The Kier molecular flexibility index (Phi) is 5.09. The molecule has 2 aromatic carbocycles. The van der Waals surface area contributed by atoms with Crippen LogP contribution in [0.2, 0.25) is 0 Å². The van der Waals surface area contributed by atoms with E-state index in [1.807, 2.05) is 24.3 Å². The zero-order valence-corrected chi connectivity index (χ0v) is 11.3. The highest BCUT2D eigenvalue weighted by atomic mass is 19.1. The first-order valence-electron chi connectivity index (χ1n) is 6.43. The van der Waals surface area contributed by atoms with Gasteiger partial charge in [0.15, 0.2) is 0 Å². The average Bonchev–Trinajstić information content (AvgIpc) is 2.45. The molecule has 4 heteroatoms. The quantitative estimate of drug-likeness (QED) is 0.851. The smallest absolute Gasteiger partial charge is 0.125 e. The number of halogens is 1. The van der Waals surface area contributed by atoms with Crippen LogP contribution >= 0.6 is 0 Å². The number of rotatable bonds is 6. The van der Waals surface area contributed by atoms with Gasteiger partial charge in [0.1, 0.15) is 5.82 Å². The summed E-state index contributed by atoms with van der Waals surface area (Å²) in [7, 11) is 1.64. The van der Waals surface area contributed by atoms with Gasteiger partial charge in [0, 0.05) is 12.8 Å². The first-order valence-corrected chi connectivity index (χ1v) is 6.43. The van der Waals surface area contributed by atoms with Gasteiger partial charge >= 0.3 is 0 Å². The van der Waals surface area contributed by atoms with E-state index in [4.69, 9.17) is 4.74 Å². The van der Waals surface area contributed by atoms with Crippen LogP contribution in [0.4, 0.5) is 10.1 Å². The number of nitrogens with one attached hydrogen (secondary N) is 1. The largest absolute Gasteiger partial charge is 0.394 e. The van der Waals surface area contributed by atoms with Gasteiger partial charge in [-0.25, -0.2) is 4.39 Å². The maximum atomic E-state index is 13.2. The second-order valence-electron chi connectivity index (χ2n) is 4.57. The van der Waals surface area contributed by atoms with Crippen LogP contribution in [0.5, 0.6) is 0 Å². The second kappa shape index (κ2) is 7.03. The molecule has 0 bridgehead atoms. The number of anilines is 1. The fourth-order valence-electron chi connectivity index (χ4n) is 2.08. The van der Waals surface area contributed by atoms with Crippen molar-refractivity contribution < 1.29 is 14.2 Å². The highest BCUT2D eigenvalue weighted by Crippen LogP contribution is 2.21. The van der Waals surface area contributed by atoms with Crippen molar-refractivity contribution >= 4 is 5.69 Å². The lowest BCUT2D eigenvalue weighted by molar-refractivity contribution is 0.184. The van der Waals surface area contributed by atoms with Gasteiger partial charge in [-0.1, -0.05) is 30.3 Å². The van der Waals surface area contributed by atoms with Gasteiger partial charge in [-0.15, -0.1) is 0 Å². The third-order valence-electron chi connectivity index (χ3n) is 3.01. The van der Waals surface area contributed by atoms with Crippen LogP contribution in [0.3, 0.4) is 0 Å². The summed E-state index contributed by atoms with van der Waals surface area (Å²) in [5.74, 6) is -0.306. The van der Waals surface area contributed by atoms with Crippen molar-refractivity contribution in [3.63, 3.8) is 0 Å². The zero-order chi connectivity index (χ0) is 14.4. The van der Waals surface area contributed by atoms with Gasteiger partial charge in [-0.2, -0.15) is 0 Å². The van der Waals surface area contributed by atoms with Crippen LogP contribution in [0.15, 0.2) is 48.5 Å². The predicted octanol–water partition coefficient (Wildman–Crippen LogP) is 3.12. The van der Waals surface area contributed by atoms with E-state index < -0.39 is 0 Å². The van der Waals surface area contributed by atoms with Crippen molar-refractivity contribution in [1.82, 2.24) is 0 Å². The highest BCUT2D eigenvalue weighted by Gasteiger charge is 2.11. The molecular formula is C16H18FNO2. The van der Waals surface area contributed by atoms with Gasteiger partial charge in [0.2, 0.25) is 0 Å². The van der Waals surface area contributed by atoms with Gasteiger partial charge in [-0.05, 0) is 29.3 Å². The molecule has 106 valence electrons. The molecule has 0 aliphatic rings. The molecule has 0 saturated carbocycles. The zero-order valence-electron chi connectivity index (χ0n) is 11.3. The fourth-order valence-corrected chi connectivity index (χ4v) is 2.08. The number of methoxy groups -OCH3 is 1. The molecule has 2 N–H and O–H groups in total. The minimum absolute atomic E-state index is 0.0764. The summed E-state index contributed by atoms with van der Waals surface area (Å²) in [6.45, 7) is 0.443. The predicted molar refractivity (Wildman–Crippen MR) is 77.0 cm³/mol. The molecule has 0 radical (unpaired) electrons. The monoisotopic (exact) mass is 275 g/mol. The summed E-state index contributed by atoms with van der Waals surface area (Å²) in [5, 5.41) is 12.7. The Balaban J connectivity index is 2.17. The van der Waals surface area contributed by atoms with E-state index in [-0.39, 0.29) is 18.5 Å². The number of aliphatic hydroxyl groups is 1. The van der Waals surface area contributed by atoms with Crippen LogP contribution in [0.25, 0.3) is 0 Å². The SMILES string of the molecule is COCc1cccc(C(CO)Nc2cccc(F)c2)c1. The molecule has 2 rings (SSSR count). The lowest BCUT2D eigenvalue weighted by Crippen LogP contribution is -2.15.